The Morgan fingerprint density at radius 2 is 1.38 bits per heavy atom. The number of ether oxygens (including phenoxy) is 1. The van der Waals surface area contributed by atoms with Gasteiger partial charge in [0, 0.05) is 19.1 Å². The molecule has 0 aliphatic rings. The van der Waals surface area contributed by atoms with Crippen LogP contribution in [0.15, 0.2) is 60.7 Å². The van der Waals surface area contributed by atoms with Gasteiger partial charge in [0.15, 0.2) is 0 Å². The van der Waals surface area contributed by atoms with Crippen molar-refractivity contribution < 1.29 is 49.0 Å². The van der Waals surface area contributed by atoms with E-state index in [-0.39, 0.29) is 42.4 Å². The molecule has 0 amide bonds. The fourth-order valence-electron chi connectivity index (χ4n) is 2.99. The first kappa shape index (κ1) is 25.4. The monoisotopic (exact) mass is 405 g/mol. The van der Waals surface area contributed by atoms with Crippen LogP contribution in [0.25, 0.3) is 0 Å². The average molecular weight is 405 g/mol. The first-order valence-electron chi connectivity index (χ1n) is 9.49. The zero-order chi connectivity index (χ0) is 20.6. The van der Waals surface area contributed by atoms with Crippen LogP contribution in [0.1, 0.15) is 44.7 Å². The van der Waals surface area contributed by atoms with Crippen LogP contribution >= 0.6 is 0 Å². The van der Waals surface area contributed by atoms with Gasteiger partial charge in [-0.25, -0.2) is 0 Å². The summed E-state index contributed by atoms with van der Waals surface area (Å²) in [6.45, 7) is 6.43. The fraction of sp³-hybridized carbons (Fsp3) is 0.391. The van der Waals surface area contributed by atoms with E-state index in [2.05, 4.69) is 0 Å². The van der Waals surface area contributed by atoms with Gasteiger partial charge in [0.25, 0.3) is 0 Å². The molecule has 150 valence electrons. The molecule has 0 unspecified atom stereocenters. The molecule has 0 saturated heterocycles. The number of carbonyl (C=O) groups excluding carboxylic acids is 2. The van der Waals surface area contributed by atoms with Gasteiger partial charge in [-0.15, -0.1) is 0 Å². The van der Waals surface area contributed by atoms with E-state index in [9.17, 15) is 14.7 Å². The van der Waals surface area contributed by atoms with Gasteiger partial charge in [-0.2, -0.15) is 0 Å². The smallest absolute Gasteiger partial charge is 0.550 e. The molecule has 29 heavy (non-hydrogen) atoms. The molecule has 2 aromatic carbocycles. The number of carbonyl (C=O) groups is 2. The summed E-state index contributed by atoms with van der Waals surface area (Å²) in [4.78, 5) is 26.0. The van der Waals surface area contributed by atoms with Gasteiger partial charge < -0.3 is 14.6 Å². The van der Waals surface area contributed by atoms with E-state index in [4.69, 9.17) is 4.74 Å². The standard InChI is InChI=1S/C23H29NO4.Na/c1-23(2,3)28-22(27)20(14-15-21(25)26)24(16-18-10-6-4-7-11-18)17-19-12-8-5-9-13-19;/h4-13,20H,14-17H2,1-3H3,(H,25,26);/q;+1/p-1/t20-;/m0./s1. The SMILES string of the molecule is CC(C)(C)OC(=O)[C@H](CCC(=O)[O-])N(Cc1ccccc1)Cc1ccccc1.[Na+]. The molecular formula is C23H28NNaO4. The van der Waals surface area contributed by atoms with Crippen LogP contribution in [-0.4, -0.2) is 28.5 Å². The molecule has 2 aromatic rings. The van der Waals surface area contributed by atoms with Crippen molar-refractivity contribution in [1.82, 2.24) is 4.90 Å². The molecular weight excluding hydrogens is 377 g/mol. The van der Waals surface area contributed by atoms with Gasteiger partial charge in [-0.3, -0.25) is 9.69 Å². The Balaban J connectivity index is 0.00000420. The molecule has 0 aliphatic heterocycles. The normalized spacial score (nSPS) is 12.1. The third-order valence-electron chi connectivity index (χ3n) is 4.20. The van der Waals surface area contributed by atoms with E-state index in [0.717, 1.165) is 11.1 Å². The van der Waals surface area contributed by atoms with Crippen molar-refractivity contribution in [1.29, 1.82) is 0 Å². The Morgan fingerprint density at radius 1 is 0.931 bits per heavy atom. The number of hydrogen-bond donors (Lipinski definition) is 0. The van der Waals surface area contributed by atoms with Crippen molar-refractivity contribution in [2.45, 2.75) is 58.3 Å². The summed E-state index contributed by atoms with van der Waals surface area (Å²) in [5.74, 6) is -1.59. The minimum Gasteiger partial charge on any atom is -0.550 e. The number of benzene rings is 2. The number of nitrogens with zero attached hydrogens (tertiary/aromatic N) is 1. The predicted octanol–water partition coefficient (Wildman–Crippen LogP) is -0.0668. The van der Waals surface area contributed by atoms with Crippen molar-refractivity contribution in [2.75, 3.05) is 0 Å². The van der Waals surface area contributed by atoms with Crippen LogP contribution in [0.2, 0.25) is 0 Å². The largest absolute Gasteiger partial charge is 1.00 e. The predicted molar refractivity (Wildman–Crippen MR) is 106 cm³/mol. The molecule has 0 aliphatic carbocycles. The number of carboxylic acids is 1. The van der Waals surface area contributed by atoms with Crippen molar-refractivity contribution in [3.05, 3.63) is 71.8 Å². The molecule has 0 heterocycles. The summed E-state index contributed by atoms with van der Waals surface area (Å²) >= 11 is 0. The third-order valence-corrected chi connectivity index (χ3v) is 4.20. The van der Waals surface area contributed by atoms with Crippen molar-refractivity contribution in [3.8, 4) is 0 Å². The minimum absolute atomic E-state index is 0. The van der Waals surface area contributed by atoms with E-state index in [1.165, 1.54) is 0 Å². The number of carboxylic acid groups (broad SMARTS) is 1. The van der Waals surface area contributed by atoms with Crippen molar-refractivity contribution in [3.63, 3.8) is 0 Å². The summed E-state index contributed by atoms with van der Waals surface area (Å²) in [5.41, 5.74) is 1.43. The molecule has 2 rings (SSSR count). The van der Waals surface area contributed by atoms with Gasteiger partial charge in [-0.05, 0) is 44.7 Å². The zero-order valence-corrected chi connectivity index (χ0v) is 19.8. The van der Waals surface area contributed by atoms with E-state index in [1.807, 2.05) is 65.6 Å². The number of hydrogen-bond acceptors (Lipinski definition) is 5. The van der Waals surface area contributed by atoms with E-state index >= 15 is 0 Å². The van der Waals surface area contributed by atoms with E-state index in [0.29, 0.717) is 13.1 Å². The summed E-state index contributed by atoms with van der Waals surface area (Å²) in [6.07, 6.45) is -0.0685. The third kappa shape index (κ3) is 9.59. The quantitative estimate of drug-likeness (QED) is 0.432. The van der Waals surface area contributed by atoms with Gasteiger partial charge in [0.1, 0.15) is 11.6 Å². The first-order valence-corrected chi connectivity index (χ1v) is 9.49. The molecule has 0 radical (unpaired) electrons. The molecule has 5 nitrogen and oxygen atoms in total. The second kappa shape index (κ2) is 12.1. The molecule has 0 N–H and O–H groups in total. The summed E-state index contributed by atoms with van der Waals surface area (Å²) in [6, 6.07) is 18.9. The van der Waals surface area contributed by atoms with Gasteiger partial charge in [-0.1, -0.05) is 60.7 Å². The molecule has 0 bridgehead atoms. The number of rotatable bonds is 9. The first-order chi connectivity index (χ1) is 13.2. The second-order valence-electron chi connectivity index (χ2n) is 7.84. The Kier molecular flexibility index (Phi) is 10.6. The summed E-state index contributed by atoms with van der Waals surface area (Å²) in [7, 11) is 0. The molecule has 1 atom stereocenters. The van der Waals surface area contributed by atoms with Crippen molar-refractivity contribution >= 4 is 11.9 Å². The Morgan fingerprint density at radius 3 is 1.76 bits per heavy atom. The van der Waals surface area contributed by atoms with Crippen LogP contribution in [-0.2, 0) is 27.4 Å². The van der Waals surface area contributed by atoms with Crippen LogP contribution in [0.5, 0.6) is 0 Å². The maximum absolute atomic E-state index is 12.9. The Hall–Kier alpha value is -1.66. The maximum atomic E-state index is 12.9. The van der Waals surface area contributed by atoms with E-state index in [1.54, 1.807) is 20.8 Å². The van der Waals surface area contributed by atoms with Crippen LogP contribution in [0.3, 0.4) is 0 Å². The molecule has 0 saturated carbocycles. The topological polar surface area (TPSA) is 69.7 Å². The minimum atomic E-state index is -1.17. The van der Waals surface area contributed by atoms with Gasteiger partial charge >= 0.3 is 35.5 Å². The van der Waals surface area contributed by atoms with E-state index < -0.39 is 23.6 Å². The average Bonchev–Trinajstić information content (AvgIpc) is 2.61. The van der Waals surface area contributed by atoms with Crippen LogP contribution in [0, 0.1) is 0 Å². The van der Waals surface area contributed by atoms with Gasteiger partial charge in [0.05, 0.1) is 0 Å². The molecule has 0 aromatic heterocycles. The molecule has 0 spiro atoms. The molecule has 0 fully saturated rings. The Bertz CT molecular complexity index is 718. The summed E-state index contributed by atoms with van der Waals surface area (Å²) < 4.78 is 5.59. The zero-order valence-electron chi connectivity index (χ0n) is 17.8. The van der Waals surface area contributed by atoms with Crippen LogP contribution < -0.4 is 34.7 Å². The van der Waals surface area contributed by atoms with Gasteiger partial charge in [0.2, 0.25) is 0 Å². The number of esters is 1. The second-order valence-corrected chi connectivity index (χ2v) is 7.84. The maximum Gasteiger partial charge on any atom is 1.00 e. The fourth-order valence-corrected chi connectivity index (χ4v) is 2.99. The molecule has 6 heteroatoms. The van der Waals surface area contributed by atoms with Crippen molar-refractivity contribution in [2.24, 2.45) is 0 Å². The summed E-state index contributed by atoms with van der Waals surface area (Å²) in [5, 5.41) is 11.1. The van der Waals surface area contributed by atoms with Crippen LogP contribution in [0.4, 0.5) is 0 Å². The number of aliphatic carboxylic acids is 1. The Labute approximate surface area is 195 Å².